The SMILES string of the molecule is CNC(C)(C)CNCCCOC. The predicted molar refractivity (Wildman–Crippen MR) is 52.5 cm³/mol. The van der Waals surface area contributed by atoms with Crippen LogP contribution in [0.25, 0.3) is 0 Å². The van der Waals surface area contributed by atoms with Crippen molar-refractivity contribution >= 4 is 0 Å². The van der Waals surface area contributed by atoms with E-state index < -0.39 is 0 Å². The van der Waals surface area contributed by atoms with Crippen LogP contribution >= 0.6 is 0 Å². The number of nitrogens with one attached hydrogen (secondary N) is 2. The molecule has 0 heterocycles. The van der Waals surface area contributed by atoms with Gasteiger partial charge in [0.1, 0.15) is 0 Å². The Morgan fingerprint density at radius 3 is 2.50 bits per heavy atom. The van der Waals surface area contributed by atoms with Gasteiger partial charge in [0.25, 0.3) is 0 Å². The standard InChI is InChI=1S/C9H22N2O/c1-9(2,10-3)8-11-6-5-7-12-4/h10-11H,5-8H2,1-4H3. The highest BCUT2D eigenvalue weighted by Gasteiger charge is 2.12. The van der Waals surface area contributed by atoms with Gasteiger partial charge < -0.3 is 15.4 Å². The predicted octanol–water partition coefficient (Wildman–Crippen LogP) is 0.610. The minimum absolute atomic E-state index is 0.188. The van der Waals surface area contributed by atoms with Gasteiger partial charge >= 0.3 is 0 Å². The molecule has 3 nitrogen and oxygen atoms in total. The fraction of sp³-hybridized carbons (Fsp3) is 1.00. The molecule has 0 aliphatic carbocycles. The van der Waals surface area contributed by atoms with E-state index in [1.807, 2.05) is 7.05 Å². The largest absolute Gasteiger partial charge is 0.385 e. The first kappa shape index (κ1) is 11.9. The minimum atomic E-state index is 0.188. The van der Waals surface area contributed by atoms with Gasteiger partial charge in [-0.15, -0.1) is 0 Å². The zero-order valence-corrected chi connectivity index (χ0v) is 8.74. The number of ether oxygens (including phenoxy) is 1. The summed E-state index contributed by atoms with van der Waals surface area (Å²) in [4.78, 5) is 0. The monoisotopic (exact) mass is 174 g/mol. The van der Waals surface area contributed by atoms with Gasteiger partial charge in [-0.2, -0.15) is 0 Å². The molecule has 0 aromatic rings. The molecule has 0 aliphatic rings. The zero-order chi connectivity index (χ0) is 9.45. The molecule has 0 aromatic heterocycles. The summed E-state index contributed by atoms with van der Waals surface area (Å²) in [7, 11) is 3.72. The van der Waals surface area contributed by atoms with Crippen LogP contribution < -0.4 is 10.6 Å². The lowest BCUT2D eigenvalue weighted by molar-refractivity contribution is 0.193. The van der Waals surface area contributed by atoms with Crippen molar-refractivity contribution in [3.63, 3.8) is 0 Å². The fourth-order valence-electron chi connectivity index (χ4n) is 0.831. The van der Waals surface area contributed by atoms with Crippen LogP contribution in [0, 0.1) is 0 Å². The Balaban J connectivity index is 3.19. The molecule has 0 amide bonds. The van der Waals surface area contributed by atoms with Crippen LogP contribution in [-0.2, 0) is 4.74 Å². The third kappa shape index (κ3) is 6.58. The second-order valence-electron chi connectivity index (χ2n) is 3.66. The van der Waals surface area contributed by atoms with E-state index in [-0.39, 0.29) is 5.54 Å². The lowest BCUT2D eigenvalue weighted by Gasteiger charge is -2.24. The van der Waals surface area contributed by atoms with Crippen molar-refractivity contribution in [2.45, 2.75) is 25.8 Å². The first-order valence-electron chi connectivity index (χ1n) is 4.51. The molecule has 0 unspecified atom stereocenters. The summed E-state index contributed by atoms with van der Waals surface area (Å²) < 4.78 is 4.94. The van der Waals surface area contributed by atoms with E-state index in [9.17, 15) is 0 Å². The lowest BCUT2D eigenvalue weighted by atomic mass is 10.1. The van der Waals surface area contributed by atoms with Gasteiger partial charge in [-0.05, 0) is 33.9 Å². The first-order chi connectivity index (χ1) is 5.62. The van der Waals surface area contributed by atoms with E-state index in [4.69, 9.17) is 4.74 Å². The van der Waals surface area contributed by atoms with E-state index in [0.29, 0.717) is 0 Å². The normalized spacial score (nSPS) is 12.0. The number of hydrogen-bond acceptors (Lipinski definition) is 3. The third-order valence-electron chi connectivity index (χ3n) is 1.95. The smallest absolute Gasteiger partial charge is 0.0474 e. The summed E-state index contributed by atoms with van der Waals surface area (Å²) in [5.41, 5.74) is 0.188. The zero-order valence-electron chi connectivity index (χ0n) is 8.74. The van der Waals surface area contributed by atoms with Crippen molar-refractivity contribution < 1.29 is 4.74 Å². The Bertz CT molecular complexity index is 105. The van der Waals surface area contributed by atoms with Gasteiger partial charge in [0, 0.05) is 25.8 Å². The van der Waals surface area contributed by atoms with Crippen molar-refractivity contribution in [3.8, 4) is 0 Å². The lowest BCUT2D eigenvalue weighted by Crippen LogP contribution is -2.45. The number of hydrogen-bond donors (Lipinski definition) is 2. The number of methoxy groups -OCH3 is 1. The Kier molecular flexibility index (Phi) is 6.34. The van der Waals surface area contributed by atoms with E-state index in [1.54, 1.807) is 7.11 Å². The Morgan fingerprint density at radius 1 is 1.33 bits per heavy atom. The summed E-state index contributed by atoms with van der Waals surface area (Å²) >= 11 is 0. The van der Waals surface area contributed by atoms with Crippen LogP contribution in [0.4, 0.5) is 0 Å². The van der Waals surface area contributed by atoms with E-state index in [0.717, 1.165) is 26.1 Å². The molecule has 0 aliphatic heterocycles. The number of rotatable bonds is 7. The van der Waals surface area contributed by atoms with Gasteiger partial charge in [0.05, 0.1) is 0 Å². The summed E-state index contributed by atoms with van der Waals surface area (Å²) in [5, 5.41) is 6.61. The molecule has 74 valence electrons. The molecule has 3 heteroatoms. The second-order valence-corrected chi connectivity index (χ2v) is 3.66. The van der Waals surface area contributed by atoms with E-state index in [1.165, 1.54) is 0 Å². The maximum absolute atomic E-state index is 4.94. The summed E-state index contributed by atoms with van der Waals surface area (Å²) in [5.74, 6) is 0. The van der Waals surface area contributed by atoms with Crippen LogP contribution in [0.15, 0.2) is 0 Å². The van der Waals surface area contributed by atoms with E-state index in [2.05, 4.69) is 24.5 Å². The molecule has 12 heavy (non-hydrogen) atoms. The highest BCUT2D eigenvalue weighted by atomic mass is 16.5. The van der Waals surface area contributed by atoms with E-state index >= 15 is 0 Å². The highest BCUT2D eigenvalue weighted by Crippen LogP contribution is 1.96. The molecule has 0 saturated heterocycles. The van der Waals surface area contributed by atoms with Crippen LogP contribution in [-0.4, -0.2) is 39.4 Å². The highest BCUT2D eigenvalue weighted by molar-refractivity contribution is 4.77. The second kappa shape index (κ2) is 6.40. The average Bonchev–Trinajstić information content (AvgIpc) is 2.04. The molecule has 0 spiro atoms. The Labute approximate surface area is 75.9 Å². The fourth-order valence-corrected chi connectivity index (χ4v) is 0.831. The van der Waals surface area contributed by atoms with Crippen molar-refractivity contribution in [2.75, 3.05) is 33.9 Å². The van der Waals surface area contributed by atoms with Gasteiger partial charge in [-0.25, -0.2) is 0 Å². The van der Waals surface area contributed by atoms with Crippen LogP contribution in [0.2, 0.25) is 0 Å². The van der Waals surface area contributed by atoms with Crippen LogP contribution in [0.5, 0.6) is 0 Å². The minimum Gasteiger partial charge on any atom is -0.385 e. The molecule has 0 radical (unpaired) electrons. The van der Waals surface area contributed by atoms with Gasteiger partial charge in [-0.1, -0.05) is 0 Å². The summed E-state index contributed by atoms with van der Waals surface area (Å²) in [6.07, 6.45) is 1.08. The van der Waals surface area contributed by atoms with Gasteiger partial charge in [-0.3, -0.25) is 0 Å². The Morgan fingerprint density at radius 2 is 2.00 bits per heavy atom. The molecular formula is C9H22N2O. The molecule has 0 bridgehead atoms. The summed E-state index contributed by atoms with van der Waals surface area (Å²) in [6, 6.07) is 0. The molecule has 2 N–H and O–H groups in total. The molecule has 0 aromatic carbocycles. The summed E-state index contributed by atoms with van der Waals surface area (Å²) in [6.45, 7) is 7.21. The van der Waals surface area contributed by atoms with Gasteiger partial charge in [0.15, 0.2) is 0 Å². The maximum Gasteiger partial charge on any atom is 0.0474 e. The van der Waals surface area contributed by atoms with Crippen molar-refractivity contribution in [1.29, 1.82) is 0 Å². The van der Waals surface area contributed by atoms with Crippen LogP contribution in [0.3, 0.4) is 0 Å². The molecule has 0 saturated carbocycles. The molecular weight excluding hydrogens is 152 g/mol. The Hall–Kier alpha value is -0.120. The molecule has 0 rings (SSSR count). The third-order valence-corrected chi connectivity index (χ3v) is 1.95. The molecule has 0 fully saturated rings. The van der Waals surface area contributed by atoms with Crippen molar-refractivity contribution in [2.24, 2.45) is 0 Å². The number of likely N-dealkylation sites (N-methyl/N-ethyl adjacent to an activating group) is 1. The van der Waals surface area contributed by atoms with Gasteiger partial charge in [0.2, 0.25) is 0 Å². The van der Waals surface area contributed by atoms with Crippen molar-refractivity contribution in [3.05, 3.63) is 0 Å². The van der Waals surface area contributed by atoms with Crippen molar-refractivity contribution in [1.82, 2.24) is 10.6 Å². The topological polar surface area (TPSA) is 33.3 Å². The first-order valence-corrected chi connectivity index (χ1v) is 4.51. The average molecular weight is 174 g/mol. The maximum atomic E-state index is 4.94. The van der Waals surface area contributed by atoms with Crippen LogP contribution in [0.1, 0.15) is 20.3 Å². The molecule has 0 atom stereocenters. The quantitative estimate of drug-likeness (QED) is 0.555.